The molecule has 0 atom stereocenters. The Bertz CT molecular complexity index is 336. The van der Waals surface area contributed by atoms with Crippen LogP contribution in [0.2, 0.25) is 0 Å². The average Bonchev–Trinajstić information content (AvgIpc) is 2.66. The predicted molar refractivity (Wildman–Crippen MR) is 61.2 cm³/mol. The summed E-state index contributed by atoms with van der Waals surface area (Å²) < 4.78 is 5.03. The fourth-order valence-electron chi connectivity index (χ4n) is 1.39. The van der Waals surface area contributed by atoms with Gasteiger partial charge in [0, 0.05) is 13.0 Å². The molecule has 1 aromatic rings. The van der Waals surface area contributed by atoms with Crippen molar-refractivity contribution >= 4 is 11.9 Å². The molecule has 1 rings (SSSR count). The maximum atomic E-state index is 11.9. The largest absolute Gasteiger partial charge is 0.330 e. The summed E-state index contributed by atoms with van der Waals surface area (Å²) in [4.78, 5) is 17.5. The molecule has 0 saturated heterocycles. The lowest BCUT2D eigenvalue weighted by Gasteiger charge is -2.17. The van der Waals surface area contributed by atoms with Crippen LogP contribution < -0.4 is 4.90 Å². The third-order valence-corrected chi connectivity index (χ3v) is 2.25. The molecule has 1 aromatic heterocycles. The molecule has 0 radical (unpaired) electrons. The highest BCUT2D eigenvalue weighted by molar-refractivity contribution is 5.91. The highest BCUT2D eigenvalue weighted by Crippen LogP contribution is 2.13. The van der Waals surface area contributed by atoms with Gasteiger partial charge in [0.05, 0.1) is 0 Å². The van der Waals surface area contributed by atoms with Crippen LogP contribution in [0.5, 0.6) is 0 Å². The Kier molecular flexibility index (Phi) is 4.95. The molecule has 0 aliphatic carbocycles. The van der Waals surface area contributed by atoms with E-state index in [9.17, 15) is 4.79 Å². The van der Waals surface area contributed by atoms with Crippen LogP contribution in [0.4, 0.5) is 6.01 Å². The lowest BCUT2D eigenvalue weighted by molar-refractivity contribution is -0.118. The monoisotopic (exact) mass is 225 g/mol. The molecule has 5 nitrogen and oxygen atoms in total. The molecule has 0 N–H and O–H groups in total. The number of amides is 1. The lowest BCUT2D eigenvalue weighted by Crippen LogP contribution is -2.31. The van der Waals surface area contributed by atoms with Crippen molar-refractivity contribution in [1.82, 2.24) is 10.1 Å². The zero-order chi connectivity index (χ0) is 12.0. The van der Waals surface area contributed by atoms with Gasteiger partial charge in [-0.25, -0.2) is 0 Å². The normalized spacial score (nSPS) is 10.4. The molecule has 5 heteroatoms. The van der Waals surface area contributed by atoms with Crippen LogP contribution >= 0.6 is 0 Å². The van der Waals surface area contributed by atoms with Crippen LogP contribution in [0.15, 0.2) is 4.52 Å². The summed E-state index contributed by atoms with van der Waals surface area (Å²) in [7, 11) is 0. The Morgan fingerprint density at radius 1 is 1.38 bits per heavy atom. The molecule has 0 spiro atoms. The first-order valence-electron chi connectivity index (χ1n) is 5.79. The van der Waals surface area contributed by atoms with Crippen molar-refractivity contribution in [2.75, 3.05) is 11.4 Å². The van der Waals surface area contributed by atoms with Gasteiger partial charge in [-0.1, -0.05) is 25.4 Å². The van der Waals surface area contributed by atoms with Gasteiger partial charge in [0.15, 0.2) is 5.82 Å². The Morgan fingerprint density at radius 2 is 2.12 bits per heavy atom. The van der Waals surface area contributed by atoms with E-state index in [-0.39, 0.29) is 5.91 Å². The van der Waals surface area contributed by atoms with Crippen LogP contribution in [0.3, 0.4) is 0 Å². The number of hydrogen-bond acceptors (Lipinski definition) is 4. The van der Waals surface area contributed by atoms with E-state index in [0.717, 1.165) is 19.3 Å². The van der Waals surface area contributed by atoms with Crippen LogP contribution in [0.1, 0.15) is 45.4 Å². The van der Waals surface area contributed by atoms with E-state index in [1.165, 1.54) is 0 Å². The third kappa shape index (κ3) is 3.32. The van der Waals surface area contributed by atoms with E-state index in [2.05, 4.69) is 17.1 Å². The van der Waals surface area contributed by atoms with E-state index >= 15 is 0 Å². The second-order valence-corrected chi connectivity index (χ2v) is 3.77. The van der Waals surface area contributed by atoms with Crippen molar-refractivity contribution < 1.29 is 9.32 Å². The van der Waals surface area contributed by atoms with Gasteiger partial charge in [-0.2, -0.15) is 4.98 Å². The van der Waals surface area contributed by atoms with Crippen LogP contribution in [-0.4, -0.2) is 22.6 Å². The van der Waals surface area contributed by atoms with Gasteiger partial charge < -0.3 is 4.52 Å². The topological polar surface area (TPSA) is 59.2 Å². The minimum absolute atomic E-state index is 0.0552. The number of aryl methyl sites for hydroxylation is 1. The number of anilines is 1. The molecule has 1 amide bonds. The first-order chi connectivity index (χ1) is 7.69. The van der Waals surface area contributed by atoms with Crippen molar-refractivity contribution in [3.8, 4) is 0 Å². The maximum Gasteiger partial charge on any atom is 0.330 e. The number of hydrogen-bond donors (Lipinski definition) is 0. The highest BCUT2D eigenvalue weighted by atomic mass is 16.5. The van der Waals surface area contributed by atoms with E-state index in [1.807, 2.05) is 6.92 Å². The Labute approximate surface area is 95.8 Å². The molecule has 0 unspecified atom stereocenters. The van der Waals surface area contributed by atoms with Crippen LogP contribution in [0.25, 0.3) is 0 Å². The predicted octanol–water partition coefficient (Wildman–Crippen LogP) is 2.31. The Hall–Kier alpha value is -1.39. The molecular weight excluding hydrogens is 206 g/mol. The van der Waals surface area contributed by atoms with E-state index in [0.29, 0.717) is 24.8 Å². The quantitative estimate of drug-likeness (QED) is 0.745. The lowest BCUT2D eigenvalue weighted by atomic mass is 10.2. The molecule has 1 heterocycles. The van der Waals surface area contributed by atoms with Crippen molar-refractivity contribution in [3.05, 3.63) is 5.82 Å². The second kappa shape index (κ2) is 6.25. The molecular formula is C11H19N3O2. The average molecular weight is 225 g/mol. The number of carbonyl (C=O) groups is 1. The van der Waals surface area contributed by atoms with E-state index in [1.54, 1.807) is 11.8 Å². The van der Waals surface area contributed by atoms with Gasteiger partial charge >= 0.3 is 6.01 Å². The fourth-order valence-corrected chi connectivity index (χ4v) is 1.39. The van der Waals surface area contributed by atoms with Crippen molar-refractivity contribution in [2.24, 2.45) is 0 Å². The fraction of sp³-hybridized carbons (Fsp3) is 0.727. The summed E-state index contributed by atoms with van der Waals surface area (Å²) in [6.45, 7) is 6.46. The van der Waals surface area contributed by atoms with Crippen LogP contribution in [0, 0.1) is 6.92 Å². The summed E-state index contributed by atoms with van der Waals surface area (Å²) in [5, 5.41) is 3.71. The molecule has 90 valence electrons. The number of unbranched alkanes of at least 4 members (excludes halogenated alkanes) is 1. The van der Waals surface area contributed by atoms with E-state index < -0.39 is 0 Å². The first-order valence-corrected chi connectivity index (χ1v) is 5.79. The Balaban J connectivity index is 2.74. The van der Waals surface area contributed by atoms with Gasteiger partial charge in [-0.05, 0) is 19.8 Å². The number of carbonyl (C=O) groups excluding carboxylic acids is 1. The van der Waals surface area contributed by atoms with Gasteiger partial charge in [-0.3, -0.25) is 9.69 Å². The van der Waals surface area contributed by atoms with Crippen molar-refractivity contribution in [2.45, 2.75) is 46.5 Å². The zero-order valence-electron chi connectivity index (χ0n) is 10.2. The third-order valence-electron chi connectivity index (χ3n) is 2.25. The molecule has 0 aliphatic heterocycles. The van der Waals surface area contributed by atoms with Gasteiger partial charge in [0.1, 0.15) is 0 Å². The molecule has 0 fully saturated rings. The van der Waals surface area contributed by atoms with Gasteiger partial charge in [0.2, 0.25) is 5.91 Å². The second-order valence-electron chi connectivity index (χ2n) is 3.77. The smallest absolute Gasteiger partial charge is 0.315 e. The van der Waals surface area contributed by atoms with E-state index in [4.69, 9.17) is 4.52 Å². The van der Waals surface area contributed by atoms with Crippen molar-refractivity contribution in [1.29, 1.82) is 0 Å². The maximum absolute atomic E-state index is 11.9. The minimum atomic E-state index is 0.0552. The summed E-state index contributed by atoms with van der Waals surface area (Å²) in [5.41, 5.74) is 0. The summed E-state index contributed by atoms with van der Waals surface area (Å²) >= 11 is 0. The molecule has 0 bridgehead atoms. The SMILES string of the molecule is CCCCN(C(=O)CCC)c1nc(C)no1. The zero-order valence-corrected chi connectivity index (χ0v) is 10.2. The molecule has 0 aliphatic rings. The number of nitrogens with zero attached hydrogens (tertiary/aromatic N) is 3. The summed E-state index contributed by atoms with van der Waals surface area (Å²) in [6, 6.07) is 0.324. The summed E-state index contributed by atoms with van der Waals surface area (Å²) in [6.07, 6.45) is 3.32. The van der Waals surface area contributed by atoms with Gasteiger partial charge in [-0.15, -0.1) is 0 Å². The highest BCUT2D eigenvalue weighted by Gasteiger charge is 2.19. The summed E-state index contributed by atoms with van der Waals surface area (Å²) in [5.74, 6) is 0.611. The number of aromatic nitrogens is 2. The standard InChI is InChI=1S/C11H19N3O2/c1-4-6-8-14(10(15)7-5-2)11-12-9(3)13-16-11/h4-8H2,1-3H3. The first kappa shape index (κ1) is 12.7. The van der Waals surface area contributed by atoms with Crippen LogP contribution in [-0.2, 0) is 4.79 Å². The molecule has 0 aromatic carbocycles. The number of rotatable bonds is 6. The van der Waals surface area contributed by atoms with Crippen molar-refractivity contribution in [3.63, 3.8) is 0 Å². The molecule has 0 saturated carbocycles. The minimum Gasteiger partial charge on any atom is -0.315 e. The molecule has 16 heavy (non-hydrogen) atoms. The van der Waals surface area contributed by atoms with Gasteiger partial charge in [0.25, 0.3) is 0 Å². The Morgan fingerprint density at radius 3 is 2.62 bits per heavy atom.